The SMILES string of the molecule is O=P([O-])([O-])[O-].[KH].[KH].[KH].[Na+].[Na+].[Na+]. The van der Waals surface area contributed by atoms with Gasteiger partial charge in [-0.1, -0.05) is 0 Å². The molecule has 0 aromatic heterocycles. The van der Waals surface area contributed by atoms with Crippen molar-refractivity contribution < 1.29 is 108 Å². The van der Waals surface area contributed by atoms with E-state index >= 15 is 0 Å². The summed E-state index contributed by atoms with van der Waals surface area (Å²) in [7, 11) is -5.39. The smallest absolute Gasteiger partial charge is 1.00 e. The summed E-state index contributed by atoms with van der Waals surface area (Å²) >= 11 is 0. The Morgan fingerprint density at radius 1 is 0.727 bits per heavy atom. The van der Waals surface area contributed by atoms with E-state index in [4.69, 9.17) is 19.2 Å². The van der Waals surface area contributed by atoms with Gasteiger partial charge >= 0.3 is 243 Å². The molecule has 0 spiro atoms. The molecular weight excluding hydrogens is 281 g/mol. The van der Waals surface area contributed by atoms with Crippen LogP contribution in [0.15, 0.2) is 0 Å². The third kappa shape index (κ3) is 71.9. The van der Waals surface area contributed by atoms with Gasteiger partial charge in [-0.3, -0.25) is 0 Å². The van der Waals surface area contributed by atoms with Crippen molar-refractivity contribution in [1.29, 1.82) is 0 Å². The molecule has 0 aromatic rings. The molecular formula is H3K3Na3O4P. The van der Waals surface area contributed by atoms with E-state index in [1.54, 1.807) is 0 Å². The van der Waals surface area contributed by atoms with Crippen LogP contribution in [0.2, 0.25) is 0 Å². The van der Waals surface area contributed by atoms with Crippen molar-refractivity contribution in [1.82, 2.24) is 0 Å². The predicted molar refractivity (Wildman–Crippen MR) is 29.1 cm³/mol. The largest absolute Gasteiger partial charge is 1.00 e. The molecule has 0 rings (SSSR count). The summed E-state index contributed by atoms with van der Waals surface area (Å²) in [6, 6.07) is 0. The standard InChI is InChI=1S/3K.3Na.H3O4P.3H/c;;;;;;1-5(2,3)4;;;/h;;;;;;(H3,1,2,3,4);;;/q;;;3*+1;;;;/p-3. The van der Waals surface area contributed by atoms with E-state index in [1.165, 1.54) is 0 Å². The molecule has 0 atom stereocenters. The average Bonchev–Trinajstić information content (AvgIpc) is 0.722. The summed E-state index contributed by atoms with van der Waals surface area (Å²) < 4.78 is 8.55. The Balaban J connectivity index is -0.00000000533. The van der Waals surface area contributed by atoms with Gasteiger partial charge in [-0.15, -0.1) is 0 Å². The minimum absolute atomic E-state index is 0. The summed E-state index contributed by atoms with van der Waals surface area (Å²) in [5.74, 6) is 0. The summed E-state index contributed by atoms with van der Waals surface area (Å²) in [6.07, 6.45) is 0. The molecule has 0 bridgehead atoms. The first-order valence-electron chi connectivity index (χ1n) is 0.730. The maximum absolute atomic E-state index is 8.55. The molecule has 0 heterocycles. The van der Waals surface area contributed by atoms with E-state index in [0.29, 0.717) is 0 Å². The fraction of sp³-hybridized carbons (Fsp3) is 0. The molecule has 11 heteroatoms. The van der Waals surface area contributed by atoms with E-state index in [9.17, 15) is 0 Å². The van der Waals surface area contributed by atoms with Gasteiger partial charge in [0.05, 0.1) is 0 Å². The van der Waals surface area contributed by atoms with Gasteiger partial charge in [-0.2, -0.15) is 7.82 Å². The van der Waals surface area contributed by atoms with Crippen LogP contribution in [-0.2, 0) is 4.57 Å². The van der Waals surface area contributed by atoms with Crippen LogP contribution < -0.4 is 103 Å². The maximum Gasteiger partial charge on any atom is 1.00 e. The number of hydrogen-bond acceptors (Lipinski definition) is 4. The molecule has 0 saturated carbocycles. The molecule has 0 aliphatic rings. The van der Waals surface area contributed by atoms with E-state index < -0.39 is 7.82 Å². The molecule has 0 fully saturated rings. The third-order valence-electron chi connectivity index (χ3n) is 0. The average molecular weight is 284 g/mol. The quantitative estimate of drug-likeness (QED) is 0.326. The molecule has 0 N–H and O–H groups in total. The van der Waals surface area contributed by atoms with Gasteiger partial charge in [-0.05, 0) is 0 Å². The second-order valence-electron chi connectivity index (χ2n) is 0.447. The van der Waals surface area contributed by atoms with Gasteiger partial charge in [0, 0.05) is 0 Å². The van der Waals surface area contributed by atoms with Crippen molar-refractivity contribution >= 4 is 162 Å². The van der Waals surface area contributed by atoms with Crippen molar-refractivity contribution in [2.24, 2.45) is 0 Å². The van der Waals surface area contributed by atoms with Crippen molar-refractivity contribution in [3.05, 3.63) is 0 Å². The zero-order chi connectivity index (χ0) is 4.50. The van der Waals surface area contributed by atoms with Gasteiger partial charge < -0.3 is 19.2 Å². The Labute approximate surface area is 260 Å². The molecule has 0 amide bonds. The van der Waals surface area contributed by atoms with Gasteiger partial charge in [0.2, 0.25) is 0 Å². The molecule has 0 radical (unpaired) electrons. The molecule has 0 aliphatic carbocycles. The number of phosphoric acid groups is 1. The fourth-order valence-electron chi connectivity index (χ4n) is 0. The Morgan fingerprint density at radius 2 is 0.727 bits per heavy atom. The maximum atomic E-state index is 8.55. The van der Waals surface area contributed by atoms with Crippen LogP contribution in [0, 0.1) is 0 Å². The molecule has 0 aromatic carbocycles. The summed E-state index contributed by atoms with van der Waals surface area (Å²) in [6.45, 7) is 0. The van der Waals surface area contributed by atoms with Gasteiger partial charge in [0.1, 0.15) is 0 Å². The van der Waals surface area contributed by atoms with Crippen LogP contribution in [0.25, 0.3) is 0 Å². The Morgan fingerprint density at radius 3 is 0.727 bits per heavy atom. The minimum Gasteiger partial charge on any atom is 1.00 e. The third-order valence-corrected chi connectivity index (χ3v) is 0. The second-order valence-corrected chi connectivity index (χ2v) is 1.34. The summed E-state index contributed by atoms with van der Waals surface area (Å²) in [5.41, 5.74) is 0. The minimum atomic E-state index is -5.39. The van der Waals surface area contributed by atoms with Crippen LogP contribution in [-0.4, -0.2) is 154 Å². The monoisotopic (exact) mass is 284 g/mol. The number of rotatable bonds is 0. The van der Waals surface area contributed by atoms with Crippen molar-refractivity contribution in [2.45, 2.75) is 0 Å². The second kappa shape index (κ2) is 26.6. The molecule has 0 aliphatic heterocycles. The van der Waals surface area contributed by atoms with Crippen molar-refractivity contribution in [3.8, 4) is 0 Å². The van der Waals surface area contributed by atoms with Crippen LogP contribution in [0.3, 0.4) is 0 Å². The van der Waals surface area contributed by atoms with E-state index in [-0.39, 0.29) is 243 Å². The van der Waals surface area contributed by atoms with Crippen LogP contribution in [0.1, 0.15) is 0 Å². The zero-order valence-corrected chi connectivity index (χ0v) is 12.0. The Kier molecular flexibility index (Phi) is 103. The molecule has 0 saturated heterocycles. The van der Waals surface area contributed by atoms with Gasteiger partial charge in [0.15, 0.2) is 0 Å². The first-order chi connectivity index (χ1) is 2.00. The zero-order valence-electron chi connectivity index (χ0n) is 5.08. The van der Waals surface area contributed by atoms with Crippen molar-refractivity contribution in [2.75, 3.05) is 0 Å². The van der Waals surface area contributed by atoms with Gasteiger partial charge in [0.25, 0.3) is 0 Å². The normalized spacial score (nSPS) is 5.36. The molecule has 11 heavy (non-hydrogen) atoms. The van der Waals surface area contributed by atoms with Crippen LogP contribution >= 0.6 is 7.82 Å². The van der Waals surface area contributed by atoms with E-state index in [0.717, 1.165) is 0 Å². The van der Waals surface area contributed by atoms with E-state index in [1.807, 2.05) is 0 Å². The summed E-state index contributed by atoms with van der Waals surface area (Å²) in [5, 5.41) is 0. The van der Waals surface area contributed by atoms with E-state index in [2.05, 4.69) is 0 Å². The molecule has 38 valence electrons. The Bertz CT molecular complexity index is 66.7. The first kappa shape index (κ1) is 42.7. The first-order valence-corrected chi connectivity index (χ1v) is 2.19. The topological polar surface area (TPSA) is 86.2 Å². The molecule has 4 nitrogen and oxygen atoms in total. The van der Waals surface area contributed by atoms with Crippen LogP contribution in [0.4, 0.5) is 0 Å². The fourth-order valence-corrected chi connectivity index (χ4v) is 0. The van der Waals surface area contributed by atoms with Crippen molar-refractivity contribution in [3.63, 3.8) is 0 Å². The van der Waals surface area contributed by atoms with Gasteiger partial charge in [-0.25, -0.2) is 0 Å². The number of hydrogen-bond donors (Lipinski definition) is 0. The Hall–Kier alpha value is 8.02. The summed E-state index contributed by atoms with van der Waals surface area (Å²) in [4.78, 5) is 25.6. The predicted octanol–water partition coefficient (Wildman–Crippen LogP) is -13.8. The molecule has 0 unspecified atom stereocenters. The van der Waals surface area contributed by atoms with Crippen LogP contribution in [0.5, 0.6) is 0 Å².